The number of nitrogens with zero attached hydrogens (tertiary/aromatic N) is 3. The van der Waals surface area contributed by atoms with E-state index in [1.54, 1.807) is 13.8 Å². The molecule has 2 N–H and O–H groups in total. The minimum Gasteiger partial charge on any atom is -0.423 e. The van der Waals surface area contributed by atoms with Crippen molar-refractivity contribution in [3.05, 3.63) is 53.7 Å². The van der Waals surface area contributed by atoms with Gasteiger partial charge in [-0.2, -0.15) is 4.57 Å². The lowest BCUT2D eigenvalue weighted by Crippen LogP contribution is -2.46. The number of para-hydroxylation sites is 1. The van der Waals surface area contributed by atoms with Crippen LogP contribution in [-0.2, 0) is 36.3 Å². The maximum atomic E-state index is 13.4. The fourth-order valence-corrected chi connectivity index (χ4v) is 4.26. The summed E-state index contributed by atoms with van der Waals surface area (Å²) in [4.78, 5) is 25.3. The summed E-state index contributed by atoms with van der Waals surface area (Å²) in [5, 5.41) is 1.04. The standard InChI is InChI=1S/C23H29N4O3/c1-15-26(11-12-27(15)14-30-22(29)23(2,3)24)13-16-9-10-19-20(21(16)28)17-7-5-6-8-18(17)25(19)4/h5-8,11-12,16H,9-10,13-14,24H2,1-4H3/q+1/t16-/m0/s1. The van der Waals surface area contributed by atoms with E-state index in [0.717, 1.165) is 40.8 Å². The van der Waals surface area contributed by atoms with Gasteiger partial charge < -0.3 is 15.0 Å². The number of hydrogen-bond donors (Lipinski definition) is 1. The first-order valence-electron chi connectivity index (χ1n) is 10.3. The summed E-state index contributed by atoms with van der Waals surface area (Å²) >= 11 is 0. The summed E-state index contributed by atoms with van der Waals surface area (Å²) in [7, 11) is 2.04. The molecule has 7 heteroatoms. The Hall–Kier alpha value is -2.93. The van der Waals surface area contributed by atoms with Gasteiger partial charge >= 0.3 is 5.97 Å². The highest BCUT2D eigenvalue weighted by Crippen LogP contribution is 2.34. The number of ketones is 1. The molecular formula is C23H29N4O3+. The fourth-order valence-electron chi connectivity index (χ4n) is 4.26. The minimum atomic E-state index is -1.03. The van der Waals surface area contributed by atoms with Gasteiger partial charge in [0.15, 0.2) is 5.78 Å². The molecule has 1 aliphatic carbocycles. The number of hydrogen-bond acceptors (Lipinski definition) is 4. The van der Waals surface area contributed by atoms with Crippen LogP contribution in [0.15, 0.2) is 36.7 Å². The molecule has 0 bridgehead atoms. The van der Waals surface area contributed by atoms with Gasteiger partial charge in [-0.25, -0.2) is 9.36 Å². The molecule has 3 aromatic rings. The first kappa shape index (κ1) is 20.3. The Kier molecular flexibility index (Phi) is 5.02. The second-order valence-electron chi connectivity index (χ2n) is 8.75. The number of esters is 1. The molecule has 0 fully saturated rings. The van der Waals surface area contributed by atoms with E-state index < -0.39 is 11.5 Å². The summed E-state index contributed by atoms with van der Waals surface area (Å²) < 4.78 is 11.4. The third-order valence-corrected chi connectivity index (χ3v) is 6.11. The molecular weight excluding hydrogens is 380 g/mol. The van der Waals surface area contributed by atoms with Crippen LogP contribution in [0.5, 0.6) is 0 Å². The molecule has 1 atom stereocenters. The summed E-state index contributed by atoms with van der Waals surface area (Å²) in [6.07, 6.45) is 5.51. The number of aromatic nitrogens is 3. The van der Waals surface area contributed by atoms with E-state index in [-0.39, 0.29) is 18.4 Å². The van der Waals surface area contributed by atoms with Gasteiger partial charge in [-0.1, -0.05) is 18.2 Å². The van der Waals surface area contributed by atoms with Gasteiger partial charge in [0.25, 0.3) is 5.82 Å². The molecule has 4 rings (SSSR count). The number of carbonyl (C=O) groups excluding carboxylic acids is 2. The number of fused-ring (bicyclic) bond motifs is 3. The van der Waals surface area contributed by atoms with Gasteiger partial charge in [0.05, 0.1) is 5.92 Å². The van der Waals surface area contributed by atoms with Crippen LogP contribution in [-0.4, -0.2) is 26.4 Å². The third-order valence-electron chi connectivity index (χ3n) is 6.11. The van der Waals surface area contributed by atoms with Crippen molar-refractivity contribution >= 4 is 22.7 Å². The van der Waals surface area contributed by atoms with Crippen molar-refractivity contribution in [2.45, 2.75) is 52.4 Å². The molecule has 158 valence electrons. The van der Waals surface area contributed by atoms with Crippen molar-refractivity contribution in [3.8, 4) is 0 Å². The number of nitrogens with two attached hydrogens (primary N) is 1. The molecule has 1 aromatic carbocycles. The van der Waals surface area contributed by atoms with Gasteiger partial charge in [0.1, 0.15) is 24.5 Å². The zero-order valence-corrected chi connectivity index (χ0v) is 18.0. The largest absolute Gasteiger partial charge is 0.423 e. The van der Waals surface area contributed by atoms with Gasteiger partial charge in [-0.05, 0) is 32.8 Å². The molecule has 0 saturated carbocycles. The Morgan fingerprint density at radius 3 is 2.80 bits per heavy atom. The van der Waals surface area contributed by atoms with E-state index in [1.807, 2.05) is 49.1 Å². The molecule has 0 saturated heterocycles. The van der Waals surface area contributed by atoms with Crippen LogP contribution >= 0.6 is 0 Å². The number of rotatable bonds is 5. The van der Waals surface area contributed by atoms with Crippen molar-refractivity contribution in [2.75, 3.05) is 0 Å². The molecule has 0 unspecified atom stereocenters. The fraction of sp³-hybridized carbons (Fsp3) is 0.435. The lowest BCUT2D eigenvalue weighted by Gasteiger charge is -2.21. The predicted octanol–water partition coefficient (Wildman–Crippen LogP) is 2.26. The number of Topliss-reactive ketones (excluding diaryl/α,β-unsaturated/α-hetero) is 1. The highest BCUT2D eigenvalue weighted by molar-refractivity contribution is 6.11. The molecule has 30 heavy (non-hydrogen) atoms. The first-order chi connectivity index (χ1) is 14.2. The van der Waals surface area contributed by atoms with Crippen molar-refractivity contribution in [2.24, 2.45) is 18.7 Å². The van der Waals surface area contributed by atoms with Crippen LogP contribution in [0, 0.1) is 12.8 Å². The van der Waals surface area contributed by atoms with E-state index in [2.05, 4.69) is 15.2 Å². The van der Waals surface area contributed by atoms with Crippen LogP contribution in [0.2, 0.25) is 0 Å². The monoisotopic (exact) mass is 409 g/mol. The van der Waals surface area contributed by atoms with Crippen LogP contribution < -0.4 is 10.3 Å². The van der Waals surface area contributed by atoms with Crippen molar-refractivity contribution in [3.63, 3.8) is 0 Å². The number of imidazole rings is 1. The topological polar surface area (TPSA) is 83.1 Å². The lowest BCUT2D eigenvalue weighted by atomic mass is 9.85. The molecule has 0 radical (unpaired) electrons. The van der Waals surface area contributed by atoms with E-state index in [9.17, 15) is 9.59 Å². The zero-order chi connectivity index (χ0) is 21.6. The van der Waals surface area contributed by atoms with E-state index in [1.165, 1.54) is 0 Å². The lowest BCUT2D eigenvalue weighted by molar-refractivity contribution is -0.732. The summed E-state index contributed by atoms with van der Waals surface area (Å²) in [6, 6.07) is 8.11. The Morgan fingerprint density at radius 1 is 1.33 bits per heavy atom. The summed E-state index contributed by atoms with van der Waals surface area (Å²) in [5.41, 5.74) is 7.87. The molecule has 7 nitrogen and oxygen atoms in total. The van der Waals surface area contributed by atoms with Crippen LogP contribution in [0.3, 0.4) is 0 Å². The molecule has 0 spiro atoms. The number of carbonyl (C=O) groups is 2. The average molecular weight is 410 g/mol. The molecule has 2 aromatic heterocycles. The van der Waals surface area contributed by atoms with Crippen LogP contribution in [0.25, 0.3) is 10.9 Å². The van der Waals surface area contributed by atoms with Gasteiger partial charge in [0.2, 0.25) is 6.73 Å². The number of ether oxygens (including phenoxy) is 1. The van der Waals surface area contributed by atoms with Gasteiger partial charge in [0, 0.05) is 36.1 Å². The molecule has 0 amide bonds. The van der Waals surface area contributed by atoms with Crippen molar-refractivity contribution < 1.29 is 18.9 Å². The number of benzene rings is 1. The normalized spacial score (nSPS) is 16.7. The SMILES string of the molecule is Cc1n(C[C@@H]2CCc3c(c4ccccc4n3C)C2=O)cc[n+]1COC(=O)C(C)(C)N. The van der Waals surface area contributed by atoms with Crippen molar-refractivity contribution in [1.29, 1.82) is 0 Å². The Bertz CT molecular complexity index is 1130. The second-order valence-corrected chi connectivity index (χ2v) is 8.75. The Balaban J connectivity index is 1.53. The van der Waals surface area contributed by atoms with E-state index in [4.69, 9.17) is 10.5 Å². The quantitative estimate of drug-likeness (QED) is 0.518. The highest BCUT2D eigenvalue weighted by atomic mass is 16.5. The van der Waals surface area contributed by atoms with E-state index >= 15 is 0 Å². The van der Waals surface area contributed by atoms with Gasteiger partial charge in [-0.3, -0.25) is 4.79 Å². The minimum absolute atomic E-state index is 0.0756. The second kappa shape index (κ2) is 7.40. The maximum Gasteiger partial charge on any atom is 0.328 e. The van der Waals surface area contributed by atoms with E-state index in [0.29, 0.717) is 6.54 Å². The number of aryl methyl sites for hydroxylation is 1. The Morgan fingerprint density at radius 2 is 2.07 bits per heavy atom. The summed E-state index contributed by atoms with van der Waals surface area (Å²) in [6.45, 7) is 5.90. The van der Waals surface area contributed by atoms with Crippen LogP contribution in [0.1, 0.15) is 42.1 Å². The molecule has 1 aliphatic rings. The predicted molar refractivity (Wildman–Crippen MR) is 113 cm³/mol. The Labute approximate surface area is 176 Å². The summed E-state index contributed by atoms with van der Waals surface area (Å²) in [5.74, 6) is 0.611. The van der Waals surface area contributed by atoms with Crippen LogP contribution in [0.4, 0.5) is 0 Å². The average Bonchev–Trinajstić information content (AvgIpc) is 3.20. The zero-order valence-electron chi connectivity index (χ0n) is 18.0. The molecule has 2 heterocycles. The van der Waals surface area contributed by atoms with Crippen molar-refractivity contribution in [1.82, 2.24) is 9.13 Å². The third kappa shape index (κ3) is 3.43. The smallest absolute Gasteiger partial charge is 0.328 e. The highest BCUT2D eigenvalue weighted by Gasteiger charge is 2.34. The maximum absolute atomic E-state index is 13.4. The molecule has 0 aliphatic heterocycles. The first-order valence-corrected chi connectivity index (χ1v) is 10.3. The van der Waals surface area contributed by atoms with Gasteiger partial charge in [-0.15, -0.1) is 0 Å².